The zero-order valence-electron chi connectivity index (χ0n) is 39.6. The van der Waals surface area contributed by atoms with Gasteiger partial charge in [-0.25, -0.2) is 0 Å². The molecular weight excluding hydrogens is 881 g/mol. The predicted molar refractivity (Wildman–Crippen MR) is 231 cm³/mol. The number of hydrogen-bond donors (Lipinski definition) is 12. The van der Waals surface area contributed by atoms with Gasteiger partial charge in [0.15, 0.2) is 25.2 Å². The van der Waals surface area contributed by atoms with E-state index >= 15 is 0 Å². The maximum Gasteiger partial charge on any atom is 0.189 e. The molecule has 0 amide bonds. The van der Waals surface area contributed by atoms with Crippen molar-refractivity contribution in [3.63, 3.8) is 0 Å². The summed E-state index contributed by atoms with van der Waals surface area (Å²) in [5.74, 6) is -0.161. The van der Waals surface area contributed by atoms with Crippen LogP contribution in [0, 0.1) is 50.7 Å². The first-order valence-corrected chi connectivity index (χ1v) is 24.8. The SMILES string of the molecule is CC(C)=C[C@H]1O[C@@H](O[C@@H]2O[C@H](CO)[C@@H](O)[C@H](O)[C@H]2O)[C@@H]([C@H]2CC[C@@]3(C)[C@@H]4CC[C@H]5[C@@](C)(CO)[C@@H](O[C@@H]6O[C@H](CO[C@@H]7O[C@@H](C)[C@H](O)[C@@H](O)[C@H]7O)[C@@H](O)[C@H](O)[C@H]6O)CC[C@@]56C[C@@]46CC[C@]23C)[C@@H]1O. The Morgan fingerprint density at radius 3 is 1.82 bits per heavy atom. The van der Waals surface area contributed by atoms with Gasteiger partial charge in [-0.3, -0.25) is 0 Å². The highest BCUT2D eigenvalue weighted by Gasteiger charge is 2.83. The lowest BCUT2D eigenvalue weighted by Gasteiger charge is -2.64. The average Bonchev–Trinajstić information content (AvgIpc) is 3.77. The van der Waals surface area contributed by atoms with E-state index < -0.39 is 141 Å². The highest BCUT2D eigenvalue weighted by atomic mass is 16.8. The molecule has 28 atom stereocenters. The van der Waals surface area contributed by atoms with Gasteiger partial charge in [-0.15, -0.1) is 0 Å². The van der Waals surface area contributed by atoms with Gasteiger partial charge in [0.2, 0.25) is 0 Å². The summed E-state index contributed by atoms with van der Waals surface area (Å²) in [7, 11) is 0. The fourth-order valence-corrected chi connectivity index (χ4v) is 16.0. The minimum Gasteiger partial charge on any atom is -0.396 e. The van der Waals surface area contributed by atoms with Crippen molar-refractivity contribution in [3.05, 3.63) is 11.6 Å². The summed E-state index contributed by atoms with van der Waals surface area (Å²) in [6.45, 7) is 11.0. The normalized spacial score (nSPS) is 58.3. The zero-order valence-corrected chi connectivity index (χ0v) is 39.6. The van der Waals surface area contributed by atoms with Gasteiger partial charge in [-0.2, -0.15) is 0 Å². The van der Waals surface area contributed by atoms with Crippen molar-refractivity contribution < 1.29 is 94.4 Å². The summed E-state index contributed by atoms with van der Waals surface area (Å²) >= 11 is 0. The van der Waals surface area contributed by atoms with E-state index in [1.54, 1.807) is 0 Å². The molecule has 0 bridgehead atoms. The minimum absolute atomic E-state index is 0.0124. The molecule has 19 nitrogen and oxygen atoms in total. The average molecular weight is 959 g/mol. The van der Waals surface area contributed by atoms with Crippen LogP contribution in [0.4, 0.5) is 0 Å². The van der Waals surface area contributed by atoms with Crippen LogP contribution in [0.3, 0.4) is 0 Å². The molecule has 4 heterocycles. The van der Waals surface area contributed by atoms with Crippen molar-refractivity contribution in [2.75, 3.05) is 19.8 Å². The van der Waals surface area contributed by atoms with E-state index in [2.05, 4.69) is 13.8 Å². The molecule has 4 saturated heterocycles. The third kappa shape index (κ3) is 7.70. The lowest BCUT2D eigenvalue weighted by Crippen LogP contribution is -2.63. The van der Waals surface area contributed by atoms with E-state index in [1.165, 1.54) is 6.92 Å². The van der Waals surface area contributed by atoms with Crippen LogP contribution in [0.2, 0.25) is 0 Å². The van der Waals surface area contributed by atoms with Gasteiger partial charge in [0.1, 0.15) is 73.2 Å². The summed E-state index contributed by atoms with van der Waals surface area (Å²) in [5.41, 5.74) is -0.258. The number of fused-ring (bicyclic) bond motifs is 2. The Morgan fingerprint density at radius 1 is 0.567 bits per heavy atom. The largest absolute Gasteiger partial charge is 0.396 e. The lowest BCUT2D eigenvalue weighted by atomic mass is 9.41. The van der Waals surface area contributed by atoms with Crippen molar-refractivity contribution in [1.29, 1.82) is 0 Å². The highest BCUT2D eigenvalue weighted by Crippen LogP contribution is 2.89. The number of hydrogen-bond acceptors (Lipinski definition) is 19. The van der Waals surface area contributed by atoms with Crippen LogP contribution in [0.5, 0.6) is 0 Å². The number of ether oxygens (including phenoxy) is 7. The molecule has 0 aromatic heterocycles. The van der Waals surface area contributed by atoms with Gasteiger partial charge < -0.3 is 94.4 Å². The first kappa shape index (κ1) is 50.9. The molecule has 4 aliphatic heterocycles. The molecule has 0 unspecified atom stereocenters. The second-order valence-electron chi connectivity index (χ2n) is 23.1. The van der Waals surface area contributed by atoms with E-state index in [4.69, 9.17) is 33.2 Å². The number of rotatable bonds is 11. The standard InChI is InChI=1S/C48H78O19/c1-20(2)15-23-31(52)29(40(63-23)67-43-39(60)35(56)32(53)24(16-49)64-43)22-9-11-46(6)27-8-7-26-44(4,19-50)28(10-12-47(26)18-48(27,47)14-13-45(22,46)5)66-42-38(59)36(57)33(54)25(65-42)17-61-41-37(58)34(55)30(51)21(3)62-41/h15,21-43,49-60H,7-14,16-19H2,1-6H3/t21-,22+,23+,24+,25+,26-,27-,28-,29-,30-,31+,32+,33+,34+,35-,36-,37+,38+,39+,40-,41+,42-,43-,44+,45+,46-,47+,48-/m0/s1. The second-order valence-corrected chi connectivity index (χ2v) is 23.1. The van der Waals surface area contributed by atoms with Crippen molar-refractivity contribution in [3.8, 4) is 0 Å². The molecule has 19 heteroatoms. The van der Waals surface area contributed by atoms with Crippen LogP contribution in [-0.4, -0.2) is 198 Å². The molecular formula is C48H78O19. The van der Waals surface area contributed by atoms with E-state index in [1.807, 2.05) is 26.8 Å². The van der Waals surface area contributed by atoms with Gasteiger partial charge in [0.05, 0.1) is 38.1 Å². The Bertz CT molecular complexity index is 1800. The topological polar surface area (TPSA) is 307 Å². The summed E-state index contributed by atoms with van der Waals surface area (Å²) < 4.78 is 42.5. The van der Waals surface area contributed by atoms with Gasteiger partial charge >= 0.3 is 0 Å². The van der Waals surface area contributed by atoms with Gasteiger partial charge in [0.25, 0.3) is 0 Å². The summed E-state index contributed by atoms with van der Waals surface area (Å²) in [6.07, 6.45) is -15.3. The molecule has 0 aromatic carbocycles. The molecule has 12 N–H and O–H groups in total. The van der Waals surface area contributed by atoms with Crippen molar-refractivity contribution in [2.24, 2.45) is 50.7 Å². The second kappa shape index (κ2) is 18.2. The molecule has 67 heavy (non-hydrogen) atoms. The van der Waals surface area contributed by atoms with E-state index in [0.717, 1.165) is 56.9 Å². The zero-order chi connectivity index (χ0) is 48.5. The van der Waals surface area contributed by atoms with Gasteiger partial charge in [0, 0.05) is 11.3 Å². The van der Waals surface area contributed by atoms with Crippen LogP contribution in [0.15, 0.2) is 11.6 Å². The third-order valence-corrected chi connectivity index (χ3v) is 19.9. The smallest absolute Gasteiger partial charge is 0.189 e. The molecule has 2 spiro atoms. The Labute approximate surface area is 391 Å². The Hall–Kier alpha value is -1.02. The number of aliphatic hydroxyl groups is 12. The Kier molecular flexibility index (Phi) is 13.8. The Balaban J connectivity index is 0.911. The van der Waals surface area contributed by atoms with Crippen LogP contribution in [-0.2, 0) is 33.2 Å². The van der Waals surface area contributed by atoms with E-state index in [9.17, 15) is 61.3 Å². The molecule has 5 aliphatic carbocycles. The molecule has 9 aliphatic rings. The minimum atomic E-state index is -1.68. The van der Waals surface area contributed by atoms with Gasteiger partial charge in [-0.05, 0) is 118 Å². The molecule has 5 saturated carbocycles. The summed E-state index contributed by atoms with van der Waals surface area (Å²) in [4.78, 5) is 0. The summed E-state index contributed by atoms with van der Waals surface area (Å²) in [5, 5.41) is 129. The maximum atomic E-state index is 12.1. The van der Waals surface area contributed by atoms with Crippen LogP contribution < -0.4 is 0 Å². The van der Waals surface area contributed by atoms with Gasteiger partial charge in [-0.1, -0.05) is 32.4 Å². The van der Waals surface area contributed by atoms with Crippen LogP contribution >= 0.6 is 0 Å². The lowest BCUT2D eigenvalue weighted by molar-refractivity contribution is -0.343. The molecule has 9 rings (SSSR count). The highest BCUT2D eigenvalue weighted by molar-refractivity contribution is 5.31. The van der Waals surface area contributed by atoms with E-state index in [0.29, 0.717) is 12.3 Å². The van der Waals surface area contributed by atoms with Crippen LogP contribution in [0.1, 0.15) is 99.3 Å². The maximum absolute atomic E-state index is 12.1. The Morgan fingerprint density at radius 2 is 1.16 bits per heavy atom. The third-order valence-electron chi connectivity index (χ3n) is 19.9. The monoisotopic (exact) mass is 959 g/mol. The number of aliphatic hydroxyl groups excluding tert-OH is 12. The molecule has 384 valence electrons. The first-order chi connectivity index (χ1) is 31.5. The molecule has 9 fully saturated rings. The molecule has 0 aromatic rings. The van der Waals surface area contributed by atoms with Crippen molar-refractivity contribution in [1.82, 2.24) is 0 Å². The molecule has 0 radical (unpaired) electrons. The fraction of sp³-hybridized carbons (Fsp3) is 0.958. The number of allylic oxidation sites excluding steroid dienone is 1. The van der Waals surface area contributed by atoms with Crippen molar-refractivity contribution >= 4 is 0 Å². The fourth-order valence-electron chi connectivity index (χ4n) is 16.0. The quantitative estimate of drug-likeness (QED) is 0.0866. The van der Waals surface area contributed by atoms with Crippen molar-refractivity contribution in [2.45, 2.75) is 216 Å². The predicted octanol–water partition coefficient (Wildman–Crippen LogP) is -1.08. The summed E-state index contributed by atoms with van der Waals surface area (Å²) in [6, 6.07) is 0. The van der Waals surface area contributed by atoms with E-state index in [-0.39, 0.29) is 40.1 Å². The van der Waals surface area contributed by atoms with Crippen LogP contribution in [0.25, 0.3) is 0 Å². The first-order valence-electron chi connectivity index (χ1n) is 24.8.